The number of carbonyl (C=O) groups is 1. The fourth-order valence-electron chi connectivity index (χ4n) is 3.83. The van der Waals surface area contributed by atoms with Gasteiger partial charge in [0.15, 0.2) is 5.78 Å². The Kier molecular flexibility index (Phi) is 6.32. The molecule has 0 amide bonds. The van der Waals surface area contributed by atoms with E-state index in [4.69, 9.17) is 0 Å². The second-order valence-electron chi connectivity index (χ2n) is 7.33. The van der Waals surface area contributed by atoms with Crippen LogP contribution in [0.1, 0.15) is 57.6 Å². The lowest BCUT2D eigenvalue weighted by molar-refractivity contribution is -0.118. The third-order valence-corrected chi connectivity index (χ3v) is 5.25. The van der Waals surface area contributed by atoms with Crippen LogP contribution in [0.25, 0.3) is 0 Å². The third kappa shape index (κ3) is 4.46. The van der Waals surface area contributed by atoms with Gasteiger partial charge in [-0.3, -0.25) is 4.79 Å². The van der Waals surface area contributed by atoms with Gasteiger partial charge in [0.2, 0.25) is 0 Å². The average Bonchev–Trinajstić information content (AvgIpc) is 2.66. The van der Waals surface area contributed by atoms with Gasteiger partial charge in [-0.25, -0.2) is 0 Å². The van der Waals surface area contributed by atoms with Crippen molar-refractivity contribution in [1.82, 2.24) is 0 Å². The topological polar surface area (TPSA) is 32.3 Å². The van der Waals surface area contributed by atoms with Gasteiger partial charge in [0, 0.05) is 23.8 Å². The number of para-hydroxylation sites is 2. The Morgan fingerprint density at radius 2 is 1.81 bits per heavy atom. The van der Waals surface area contributed by atoms with Gasteiger partial charge < -0.3 is 10.2 Å². The maximum absolute atomic E-state index is 12.5. The van der Waals surface area contributed by atoms with Crippen molar-refractivity contribution >= 4 is 17.2 Å². The van der Waals surface area contributed by atoms with Crippen molar-refractivity contribution in [1.29, 1.82) is 0 Å². The van der Waals surface area contributed by atoms with Crippen molar-refractivity contribution in [2.75, 3.05) is 16.8 Å². The molecule has 2 atom stereocenters. The highest BCUT2D eigenvalue weighted by atomic mass is 16.1. The van der Waals surface area contributed by atoms with Crippen molar-refractivity contribution in [2.24, 2.45) is 0 Å². The summed E-state index contributed by atoms with van der Waals surface area (Å²) in [6, 6.07) is 19.5. The number of nitrogens with zero attached hydrogens (tertiary/aromatic N) is 1. The molecule has 2 aromatic rings. The lowest BCUT2D eigenvalue weighted by Gasteiger charge is -2.41. The van der Waals surface area contributed by atoms with Gasteiger partial charge in [-0.15, -0.1) is 0 Å². The molecule has 1 heterocycles. The molecule has 1 N–H and O–H groups in total. The quantitative estimate of drug-likeness (QED) is 0.630. The van der Waals surface area contributed by atoms with Crippen LogP contribution in [0.15, 0.2) is 54.6 Å². The Morgan fingerprint density at radius 3 is 2.58 bits per heavy atom. The van der Waals surface area contributed by atoms with Crippen LogP contribution in [0.5, 0.6) is 0 Å². The highest BCUT2D eigenvalue weighted by Gasteiger charge is 2.30. The van der Waals surface area contributed by atoms with Crippen LogP contribution >= 0.6 is 0 Å². The largest absolute Gasteiger partial charge is 0.378 e. The number of unbranched alkanes of at least 4 members (excludes halogenated alkanes) is 2. The van der Waals surface area contributed by atoms with Crippen LogP contribution in [-0.4, -0.2) is 18.4 Å². The van der Waals surface area contributed by atoms with Gasteiger partial charge in [-0.05, 0) is 43.5 Å². The molecule has 0 saturated heterocycles. The number of hydrogen-bond acceptors (Lipinski definition) is 3. The van der Waals surface area contributed by atoms with Crippen molar-refractivity contribution < 1.29 is 4.79 Å². The summed E-state index contributed by atoms with van der Waals surface area (Å²) in [6.07, 6.45) is 5.00. The summed E-state index contributed by atoms with van der Waals surface area (Å²) in [4.78, 5) is 14.8. The molecule has 0 saturated carbocycles. The zero-order chi connectivity index (χ0) is 18.4. The summed E-state index contributed by atoms with van der Waals surface area (Å²) in [7, 11) is 0. The Labute approximate surface area is 157 Å². The molecule has 138 valence electrons. The Morgan fingerprint density at radius 1 is 1.08 bits per heavy atom. The Bertz CT molecular complexity index is 713. The summed E-state index contributed by atoms with van der Waals surface area (Å²) in [5.41, 5.74) is 3.63. The molecular weight excluding hydrogens is 320 g/mol. The minimum absolute atomic E-state index is 0.273. The third-order valence-electron chi connectivity index (χ3n) is 5.25. The first-order valence-electron chi connectivity index (χ1n) is 9.88. The standard InChI is InChI=1S/C23H30N2O/c1-3-4-6-13-20(26)17-25-18(2)16-22(21-14-9-10-15-23(21)25)24-19-11-7-5-8-12-19/h5,7-12,14-15,18,22,24H,3-4,6,13,16-17H2,1-2H3. The van der Waals surface area contributed by atoms with Crippen LogP contribution in [0.2, 0.25) is 0 Å². The molecule has 3 heteroatoms. The van der Waals surface area contributed by atoms with E-state index in [0.29, 0.717) is 24.8 Å². The van der Waals surface area contributed by atoms with Crippen molar-refractivity contribution in [3.8, 4) is 0 Å². The van der Waals surface area contributed by atoms with Gasteiger partial charge in [0.05, 0.1) is 12.6 Å². The lowest BCUT2D eigenvalue weighted by Crippen LogP contribution is -2.43. The van der Waals surface area contributed by atoms with Gasteiger partial charge >= 0.3 is 0 Å². The normalized spacial score (nSPS) is 19.1. The van der Waals surface area contributed by atoms with Gasteiger partial charge in [0.25, 0.3) is 0 Å². The summed E-state index contributed by atoms with van der Waals surface area (Å²) >= 11 is 0. The zero-order valence-electron chi connectivity index (χ0n) is 15.9. The minimum atomic E-state index is 0.273. The molecule has 0 bridgehead atoms. The van der Waals surface area contributed by atoms with Gasteiger partial charge in [-0.2, -0.15) is 0 Å². The van der Waals surface area contributed by atoms with Crippen LogP contribution in [0.3, 0.4) is 0 Å². The van der Waals surface area contributed by atoms with E-state index in [9.17, 15) is 4.79 Å². The second kappa shape index (κ2) is 8.88. The van der Waals surface area contributed by atoms with Crippen LogP contribution < -0.4 is 10.2 Å². The fourth-order valence-corrected chi connectivity index (χ4v) is 3.83. The molecule has 0 spiro atoms. The van der Waals surface area contributed by atoms with E-state index in [1.54, 1.807) is 0 Å². The summed E-state index contributed by atoms with van der Waals surface area (Å²) in [5.74, 6) is 0.356. The lowest BCUT2D eigenvalue weighted by atomic mass is 9.91. The van der Waals surface area contributed by atoms with E-state index < -0.39 is 0 Å². The molecule has 0 radical (unpaired) electrons. The average molecular weight is 351 g/mol. The second-order valence-corrected chi connectivity index (χ2v) is 7.33. The number of carbonyl (C=O) groups excluding carboxylic acids is 1. The SMILES string of the molecule is CCCCCC(=O)CN1c2ccccc2C(Nc2ccccc2)CC1C. The molecule has 0 fully saturated rings. The predicted molar refractivity (Wildman–Crippen MR) is 110 cm³/mol. The van der Waals surface area contributed by atoms with Gasteiger partial charge in [-0.1, -0.05) is 56.2 Å². The molecule has 3 rings (SSSR count). The van der Waals surface area contributed by atoms with E-state index in [1.165, 1.54) is 11.3 Å². The molecule has 1 aliphatic heterocycles. The number of hydrogen-bond donors (Lipinski definition) is 1. The highest BCUT2D eigenvalue weighted by Crippen LogP contribution is 2.38. The molecule has 0 aromatic heterocycles. The molecule has 3 nitrogen and oxygen atoms in total. The number of rotatable bonds is 8. The molecular formula is C23H30N2O. The molecule has 1 aliphatic rings. The first-order valence-corrected chi connectivity index (χ1v) is 9.88. The van der Waals surface area contributed by atoms with E-state index in [1.807, 2.05) is 6.07 Å². The molecule has 26 heavy (non-hydrogen) atoms. The smallest absolute Gasteiger partial charge is 0.152 e. The number of anilines is 2. The van der Waals surface area contributed by atoms with E-state index in [-0.39, 0.29) is 6.04 Å². The predicted octanol–water partition coefficient (Wildman–Crippen LogP) is 5.59. The van der Waals surface area contributed by atoms with Crippen molar-refractivity contribution in [3.05, 3.63) is 60.2 Å². The van der Waals surface area contributed by atoms with Crippen LogP contribution in [0, 0.1) is 0 Å². The number of fused-ring (bicyclic) bond motifs is 1. The van der Waals surface area contributed by atoms with Crippen LogP contribution in [0.4, 0.5) is 11.4 Å². The fraction of sp³-hybridized carbons (Fsp3) is 0.435. The molecule has 2 unspecified atom stereocenters. The number of nitrogens with one attached hydrogen (secondary N) is 1. The molecule has 0 aliphatic carbocycles. The summed E-state index contributed by atoms with van der Waals surface area (Å²) in [6.45, 7) is 4.93. The zero-order valence-corrected chi connectivity index (χ0v) is 15.9. The Hall–Kier alpha value is -2.29. The van der Waals surface area contributed by atoms with Crippen molar-refractivity contribution in [2.45, 2.75) is 58.0 Å². The maximum Gasteiger partial charge on any atom is 0.152 e. The van der Waals surface area contributed by atoms with E-state index >= 15 is 0 Å². The Balaban J connectivity index is 1.76. The highest BCUT2D eigenvalue weighted by molar-refractivity contribution is 5.84. The first-order chi connectivity index (χ1) is 12.7. The monoisotopic (exact) mass is 350 g/mol. The summed E-state index contributed by atoms with van der Waals surface area (Å²) < 4.78 is 0. The number of Topliss-reactive ketones (excluding diaryl/α,β-unsaturated/α-hetero) is 1. The maximum atomic E-state index is 12.5. The minimum Gasteiger partial charge on any atom is -0.378 e. The molecule has 2 aromatic carbocycles. The van der Waals surface area contributed by atoms with Crippen molar-refractivity contribution in [3.63, 3.8) is 0 Å². The number of ketones is 1. The van der Waals surface area contributed by atoms with Gasteiger partial charge in [0.1, 0.15) is 0 Å². The summed E-state index contributed by atoms with van der Waals surface area (Å²) in [5, 5.41) is 3.67. The van der Waals surface area contributed by atoms with Crippen LogP contribution in [-0.2, 0) is 4.79 Å². The van der Waals surface area contributed by atoms with E-state index in [0.717, 1.165) is 31.4 Å². The first kappa shape index (κ1) is 18.5. The number of benzene rings is 2. The van der Waals surface area contributed by atoms with E-state index in [2.05, 4.69) is 72.6 Å².